The molecule has 0 radical (unpaired) electrons. The van der Waals surface area contributed by atoms with Gasteiger partial charge in [-0.3, -0.25) is 10.1 Å². The van der Waals surface area contributed by atoms with Crippen LogP contribution >= 0.6 is 0 Å². The van der Waals surface area contributed by atoms with Gasteiger partial charge in [0.1, 0.15) is 6.61 Å². The molecule has 1 aromatic heterocycles. The standard InChI is InChI=1S/C13H15N3O3/c1-8-4-5-10(9(2)6-8)12(17)14-13-16-15-11(19-13)7-18-3/h4-6H,7H2,1-3H3,(H,14,16,17). The number of carbonyl (C=O) groups is 1. The van der Waals surface area contributed by atoms with Crippen LogP contribution in [-0.4, -0.2) is 23.2 Å². The predicted octanol–water partition coefficient (Wildman–Crippen LogP) is 2.09. The van der Waals surface area contributed by atoms with E-state index in [1.165, 1.54) is 7.11 Å². The topological polar surface area (TPSA) is 77.3 Å². The van der Waals surface area contributed by atoms with Crippen LogP contribution in [0.2, 0.25) is 0 Å². The zero-order chi connectivity index (χ0) is 13.8. The van der Waals surface area contributed by atoms with E-state index in [1.807, 2.05) is 26.0 Å². The van der Waals surface area contributed by atoms with Gasteiger partial charge in [0.2, 0.25) is 5.89 Å². The molecule has 19 heavy (non-hydrogen) atoms. The lowest BCUT2D eigenvalue weighted by Gasteiger charge is -2.05. The molecule has 1 heterocycles. The molecule has 1 aromatic carbocycles. The van der Waals surface area contributed by atoms with E-state index in [0.717, 1.165) is 11.1 Å². The summed E-state index contributed by atoms with van der Waals surface area (Å²) in [5.41, 5.74) is 2.58. The van der Waals surface area contributed by atoms with Gasteiger partial charge in [0.05, 0.1) is 0 Å². The normalized spacial score (nSPS) is 10.5. The monoisotopic (exact) mass is 261 g/mol. The van der Waals surface area contributed by atoms with Crippen LogP contribution in [0, 0.1) is 13.8 Å². The fourth-order valence-corrected chi connectivity index (χ4v) is 1.72. The first-order valence-corrected chi connectivity index (χ1v) is 5.80. The highest BCUT2D eigenvalue weighted by molar-refractivity contribution is 6.04. The minimum atomic E-state index is -0.273. The molecular formula is C13H15N3O3. The summed E-state index contributed by atoms with van der Waals surface area (Å²) in [4.78, 5) is 12.0. The quantitative estimate of drug-likeness (QED) is 0.911. The molecular weight excluding hydrogens is 246 g/mol. The van der Waals surface area contributed by atoms with Crippen LogP contribution < -0.4 is 5.32 Å². The van der Waals surface area contributed by atoms with Crippen molar-refractivity contribution in [2.75, 3.05) is 12.4 Å². The number of nitrogens with one attached hydrogen (secondary N) is 1. The molecule has 0 aliphatic rings. The van der Waals surface area contributed by atoms with E-state index in [9.17, 15) is 4.79 Å². The van der Waals surface area contributed by atoms with Gasteiger partial charge in [-0.1, -0.05) is 22.8 Å². The van der Waals surface area contributed by atoms with Gasteiger partial charge in [-0.15, -0.1) is 5.10 Å². The van der Waals surface area contributed by atoms with Crippen molar-refractivity contribution in [3.63, 3.8) is 0 Å². The van der Waals surface area contributed by atoms with Crippen molar-refractivity contribution >= 4 is 11.9 Å². The summed E-state index contributed by atoms with van der Waals surface area (Å²) in [6.45, 7) is 4.07. The van der Waals surface area contributed by atoms with Gasteiger partial charge in [0.25, 0.3) is 5.91 Å². The zero-order valence-electron chi connectivity index (χ0n) is 11.1. The van der Waals surface area contributed by atoms with Crippen molar-refractivity contribution in [2.45, 2.75) is 20.5 Å². The predicted molar refractivity (Wildman–Crippen MR) is 68.9 cm³/mol. The molecule has 6 nitrogen and oxygen atoms in total. The number of nitrogens with zero attached hydrogens (tertiary/aromatic N) is 2. The third-order valence-electron chi connectivity index (χ3n) is 2.58. The maximum absolute atomic E-state index is 12.0. The summed E-state index contributed by atoms with van der Waals surface area (Å²) < 4.78 is 10.1. The SMILES string of the molecule is COCc1nnc(NC(=O)c2ccc(C)cc2C)o1. The molecule has 2 aromatic rings. The number of aromatic nitrogens is 2. The molecule has 6 heteroatoms. The molecule has 0 unspecified atom stereocenters. The molecule has 0 fully saturated rings. The van der Waals surface area contributed by atoms with Gasteiger partial charge in [0.15, 0.2) is 0 Å². The van der Waals surface area contributed by atoms with E-state index >= 15 is 0 Å². The molecule has 0 bridgehead atoms. The first-order valence-electron chi connectivity index (χ1n) is 5.80. The van der Waals surface area contributed by atoms with Crippen LogP contribution in [0.4, 0.5) is 6.01 Å². The Kier molecular flexibility index (Phi) is 3.91. The molecule has 0 aliphatic carbocycles. The van der Waals surface area contributed by atoms with Gasteiger partial charge >= 0.3 is 6.01 Å². The summed E-state index contributed by atoms with van der Waals surface area (Å²) in [6.07, 6.45) is 0. The summed E-state index contributed by atoms with van der Waals surface area (Å²) >= 11 is 0. The highest BCUT2D eigenvalue weighted by atomic mass is 16.5. The van der Waals surface area contributed by atoms with Crippen LogP contribution in [0.1, 0.15) is 27.4 Å². The van der Waals surface area contributed by atoms with Gasteiger partial charge in [-0.2, -0.15) is 0 Å². The summed E-state index contributed by atoms with van der Waals surface area (Å²) in [5, 5.41) is 10.0. The Morgan fingerprint density at radius 3 is 2.84 bits per heavy atom. The van der Waals surface area contributed by atoms with E-state index in [2.05, 4.69) is 15.5 Å². The Morgan fingerprint density at radius 2 is 2.16 bits per heavy atom. The number of amides is 1. The number of methoxy groups -OCH3 is 1. The number of anilines is 1. The van der Waals surface area contributed by atoms with Crippen molar-refractivity contribution < 1.29 is 13.9 Å². The number of rotatable bonds is 4. The maximum Gasteiger partial charge on any atom is 0.322 e. The molecule has 0 saturated carbocycles. The van der Waals surface area contributed by atoms with Crippen LogP contribution in [0.15, 0.2) is 22.6 Å². The van der Waals surface area contributed by atoms with E-state index in [1.54, 1.807) is 6.07 Å². The number of hydrogen-bond acceptors (Lipinski definition) is 5. The highest BCUT2D eigenvalue weighted by Gasteiger charge is 2.13. The van der Waals surface area contributed by atoms with Crippen LogP contribution in [0.3, 0.4) is 0 Å². The second-order valence-corrected chi connectivity index (χ2v) is 4.21. The first-order chi connectivity index (χ1) is 9.10. The number of carbonyl (C=O) groups excluding carboxylic acids is 1. The zero-order valence-corrected chi connectivity index (χ0v) is 11.1. The molecule has 0 saturated heterocycles. The second kappa shape index (κ2) is 5.62. The smallest absolute Gasteiger partial charge is 0.322 e. The summed E-state index contributed by atoms with van der Waals surface area (Å²) in [6, 6.07) is 5.66. The van der Waals surface area contributed by atoms with E-state index < -0.39 is 0 Å². The Hall–Kier alpha value is -2.21. The summed E-state index contributed by atoms with van der Waals surface area (Å²) in [7, 11) is 1.53. The first kappa shape index (κ1) is 13.2. The lowest BCUT2D eigenvalue weighted by Crippen LogP contribution is -2.13. The highest BCUT2D eigenvalue weighted by Crippen LogP contribution is 2.13. The second-order valence-electron chi connectivity index (χ2n) is 4.21. The van der Waals surface area contributed by atoms with E-state index in [4.69, 9.17) is 9.15 Å². The Morgan fingerprint density at radius 1 is 1.37 bits per heavy atom. The van der Waals surface area contributed by atoms with Crippen LogP contribution in [0.25, 0.3) is 0 Å². The Balaban J connectivity index is 2.11. The van der Waals surface area contributed by atoms with Crippen molar-refractivity contribution in [1.82, 2.24) is 10.2 Å². The minimum Gasteiger partial charge on any atom is -0.405 e. The average molecular weight is 261 g/mol. The fourth-order valence-electron chi connectivity index (χ4n) is 1.72. The Bertz CT molecular complexity index is 593. The number of benzene rings is 1. The van der Waals surface area contributed by atoms with Gasteiger partial charge < -0.3 is 9.15 Å². The fraction of sp³-hybridized carbons (Fsp3) is 0.308. The summed E-state index contributed by atoms with van der Waals surface area (Å²) in [5.74, 6) is 0.0449. The number of hydrogen-bond donors (Lipinski definition) is 1. The third-order valence-corrected chi connectivity index (χ3v) is 2.58. The number of aryl methyl sites for hydroxylation is 2. The Labute approximate surface area is 110 Å². The van der Waals surface area contributed by atoms with E-state index in [0.29, 0.717) is 11.5 Å². The van der Waals surface area contributed by atoms with Crippen LogP contribution in [-0.2, 0) is 11.3 Å². The lowest BCUT2D eigenvalue weighted by atomic mass is 10.1. The molecule has 2 rings (SSSR count). The van der Waals surface area contributed by atoms with Crippen LogP contribution in [0.5, 0.6) is 0 Å². The van der Waals surface area contributed by atoms with Crippen molar-refractivity contribution in [2.24, 2.45) is 0 Å². The number of ether oxygens (including phenoxy) is 1. The van der Waals surface area contributed by atoms with Gasteiger partial charge in [0, 0.05) is 12.7 Å². The van der Waals surface area contributed by atoms with Crippen molar-refractivity contribution in [3.8, 4) is 0 Å². The molecule has 0 spiro atoms. The average Bonchev–Trinajstić information content (AvgIpc) is 2.76. The lowest BCUT2D eigenvalue weighted by molar-refractivity contribution is 0.102. The molecule has 0 aliphatic heterocycles. The molecule has 1 N–H and O–H groups in total. The molecule has 1 amide bonds. The minimum absolute atomic E-state index is 0.0667. The van der Waals surface area contributed by atoms with Gasteiger partial charge in [-0.05, 0) is 25.5 Å². The molecule has 0 atom stereocenters. The largest absolute Gasteiger partial charge is 0.405 e. The third kappa shape index (κ3) is 3.17. The molecule has 100 valence electrons. The van der Waals surface area contributed by atoms with Gasteiger partial charge in [-0.25, -0.2) is 0 Å². The maximum atomic E-state index is 12.0. The van der Waals surface area contributed by atoms with Crippen molar-refractivity contribution in [3.05, 3.63) is 40.8 Å². The van der Waals surface area contributed by atoms with E-state index in [-0.39, 0.29) is 18.5 Å². The van der Waals surface area contributed by atoms with Crippen molar-refractivity contribution in [1.29, 1.82) is 0 Å².